The Bertz CT molecular complexity index is 534. The van der Waals surface area contributed by atoms with Gasteiger partial charge in [-0.3, -0.25) is 4.79 Å². The summed E-state index contributed by atoms with van der Waals surface area (Å²) < 4.78 is 5.87. The first-order valence-electron chi connectivity index (χ1n) is 9.26. The van der Waals surface area contributed by atoms with Crippen LogP contribution >= 0.6 is 0 Å². The number of carbonyl (C=O) groups is 1. The molecule has 3 nitrogen and oxygen atoms in total. The Morgan fingerprint density at radius 1 is 1.22 bits per heavy atom. The van der Waals surface area contributed by atoms with Crippen molar-refractivity contribution in [2.24, 2.45) is 11.8 Å². The van der Waals surface area contributed by atoms with Crippen LogP contribution in [0.15, 0.2) is 24.3 Å². The van der Waals surface area contributed by atoms with Gasteiger partial charge < -0.3 is 9.64 Å². The van der Waals surface area contributed by atoms with Gasteiger partial charge >= 0.3 is 0 Å². The van der Waals surface area contributed by atoms with Crippen LogP contribution in [0.2, 0.25) is 0 Å². The summed E-state index contributed by atoms with van der Waals surface area (Å²) in [5.74, 6) is 2.19. The molecule has 1 saturated carbocycles. The fraction of sp³-hybridized carbons (Fsp3) is 0.650. The SMILES string of the molecule is CCCCC1CCC(C(=O)N2CC(C)Oc3ccccc32)CC1. The fourth-order valence-corrected chi connectivity index (χ4v) is 4.01. The van der Waals surface area contributed by atoms with E-state index < -0.39 is 0 Å². The molecule has 1 aromatic rings. The zero-order chi connectivity index (χ0) is 16.2. The monoisotopic (exact) mass is 315 g/mol. The number of unbranched alkanes of at least 4 members (excludes halogenated alkanes) is 1. The second-order valence-corrected chi connectivity index (χ2v) is 7.20. The third kappa shape index (κ3) is 3.70. The molecular weight excluding hydrogens is 286 g/mol. The van der Waals surface area contributed by atoms with Crippen LogP contribution in [-0.4, -0.2) is 18.6 Å². The predicted octanol–water partition coefficient (Wildman–Crippen LogP) is 4.80. The molecule has 1 aliphatic carbocycles. The summed E-state index contributed by atoms with van der Waals surface area (Å²) in [6, 6.07) is 7.93. The van der Waals surface area contributed by atoms with E-state index in [0.29, 0.717) is 12.5 Å². The lowest BCUT2D eigenvalue weighted by atomic mass is 9.79. The van der Waals surface area contributed by atoms with Gasteiger partial charge in [0.05, 0.1) is 12.2 Å². The van der Waals surface area contributed by atoms with Gasteiger partial charge in [-0.2, -0.15) is 0 Å². The Balaban J connectivity index is 1.65. The van der Waals surface area contributed by atoms with Gasteiger partial charge in [0.15, 0.2) is 0 Å². The van der Waals surface area contributed by atoms with Gasteiger partial charge in [0, 0.05) is 5.92 Å². The molecule has 0 saturated heterocycles. The average molecular weight is 315 g/mol. The van der Waals surface area contributed by atoms with Crippen molar-refractivity contribution in [1.82, 2.24) is 0 Å². The summed E-state index contributed by atoms with van der Waals surface area (Å²) in [5, 5.41) is 0. The first-order chi connectivity index (χ1) is 11.2. The van der Waals surface area contributed by atoms with Gasteiger partial charge in [0.1, 0.15) is 11.9 Å². The van der Waals surface area contributed by atoms with Crippen LogP contribution in [0.25, 0.3) is 0 Å². The standard InChI is InChI=1S/C20H29NO2/c1-3-4-7-16-10-12-17(13-11-16)20(22)21-14-15(2)23-19-9-6-5-8-18(19)21/h5-6,8-9,15-17H,3-4,7,10-14H2,1-2H3. The van der Waals surface area contributed by atoms with Crippen LogP contribution in [0.1, 0.15) is 58.8 Å². The molecule has 23 heavy (non-hydrogen) atoms. The molecule has 0 bridgehead atoms. The van der Waals surface area contributed by atoms with Crippen LogP contribution in [-0.2, 0) is 4.79 Å². The van der Waals surface area contributed by atoms with Gasteiger partial charge in [0.2, 0.25) is 5.91 Å². The maximum atomic E-state index is 13.1. The summed E-state index contributed by atoms with van der Waals surface area (Å²) in [5.41, 5.74) is 0.948. The highest BCUT2D eigenvalue weighted by atomic mass is 16.5. The maximum Gasteiger partial charge on any atom is 0.230 e. The van der Waals surface area contributed by atoms with Crippen molar-refractivity contribution in [3.63, 3.8) is 0 Å². The van der Waals surface area contributed by atoms with E-state index in [1.54, 1.807) is 0 Å². The lowest BCUT2D eigenvalue weighted by Crippen LogP contribution is -2.45. The van der Waals surface area contributed by atoms with E-state index in [2.05, 4.69) is 6.92 Å². The van der Waals surface area contributed by atoms with Crippen LogP contribution in [0.5, 0.6) is 5.75 Å². The minimum atomic E-state index is 0.0646. The smallest absolute Gasteiger partial charge is 0.230 e. The van der Waals surface area contributed by atoms with Crippen molar-refractivity contribution < 1.29 is 9.53 Å². The molecule has 1 unspecified atom stereocenters. The lowest BCUT2D eigenvalue weighted by molar-refractivity contribution is -0.124. The third-order valence-electron chi connectivity index (χ3n) is 5.35. The predicted molar refractivity (Wildman–Crippen MR) is 93.9 cm³/mol. The number of amides is 1. The molecule has 126 valence electrons. The number of hydrogen-bond acceptors (Lipinski definition) is 2. The van der Waals surface area contributed by atoms with Crippen molar-refractivity contribution in [1.29, 1.82) is 0 Å². The normalized spacial score (nSPS) is 27.2. The van der Waals surface area contributed by atoms with E-state index in [1.807, 2.05) is 36.1 Å². The van der Waals surface area contributed by atoms with Crippen LogP contribution in [0.3, 0.4) is 0 Å². The van der Waals surface area contributed by atoms with Crippen molar-refractivity contribution in [2.45, 2.75) is 64.9 Å². The van der Waals surface area contributed by atoms with Crippen molar-refractivity contribution in [3.8, 4) is 5.75 Å². The summed E-state index contributed by atoms with van der Waals surface area (Å²) >= 11 is 0. The minimum absolute atomic E-state index is 0.0646. The number of rotatable bonds is 4. The molecule has 3 heteroatoms. The molecule has 1 atom stereocenters. The number of fused-ring (bicyclic) bond motifs is 1. The molecule has 2 aliphatic rings. The van der Waals surface area contributed by atoms with Crippen LogP contribution < -0.4 is 9.64 Å². The molecule has 0 aromatic heterocycles. The Hall–Kier alpha value is -1.51. The largest absolute Gasteiger partial charge is 0.487 e. The summed E-state index contributed by atoms with van der Waals surface area (Å²) in [6.07, 6.45) is 8.57. The van der Waals surface area contributed by atoms with E-state index in [0.717, 1.165) is 30.2 Å². The number of para-hydroxylation sites is 2. The highest BCUT2D eigenvalue weighted by Crippen LogP contribution is 2.37. The molecule has 1 heterocycles. The van der Waals surface area contributed by atoms with Crippen LogP contribution in [0.4, 0.5) is 5.69 Å². The van der Waals surface area contributed by atoms with Gasteiger partial charge in [-0.15, -0.1) is 0 Å². The second kappa shape index (κ2) is 7.37. The molecule has 1 amide bonds. The average Bonchev–Trinajstić information content (AvgIpc) is 2.59. The number of ether oxygens (including phenoxy) is 1. The summed E-state index contributed by atoms with van der Waals surface area (Å²) in [4.78, 5) is 15.0. The zero-order valence-corrected chi connectivity index (χ0v) is 14.5. The molecule has 0 radical (unpaired) electrons. The Morgan fingerprint density at radius 2 is 1.96 bits per heavy atom. The highest BCUT2D eigenvalue weighted by molar-refractivity contribution is 5.97. The Morgan fingerprint density at radius 3 is 2.70 bits per heavy atom. The molecule has 0 N–H and O–H groups in total. The van der Waals surface area contributed by atoms with Crippen molar-refractivity contribution in [3.05, 3.63) is 24.3 Å². The second-order valence-electron chi connectivity index (χ2n) is 7.20. The van der Waals surface area contributed by atoms with E-state index in [-0.39, 0.29) is 12.0 Å². The first kappa shape index (κ1) is 16.4. The Labute approximate surface area is 140 Å². The molecule has 3 rings (SSSR count). The summed E-state index contributed by atoms with van der Waals surface area (Å²) in [7, 11) is 0. The van der Waals surface area contributed by atoms with Crippen LogP contribution in [0, 0.1) is 11.8 Å². The van der Waals surface area contributed by atoms with Crippen molar-refractivity contribution in [2.75, 3.05) is 11.4 Å². The molecule has 1 aliphatic heterocycles. The van der Waals surface area contributed by atoms with Gasteiger partial charge in [-0.1, -0.05) is 38.3 Å². The third-order valence-corrected chi connectivity index (χ3v) is 5.35. The quantitative estimate of drug-likeness (QED) is 0.799. The number of hydrogen-bond donors (Lipinski definition) is 0. The molecule has 1 aromatic carbocycles. The molecular formula is C20H29NO2. The molecule has 0 spiro atoms. The van der Waals surface area contributed by atoms with E-state index in [4.69, 9.17) is 4.74 Å². The van der Waals surface area contributed by atoms with E-state index in [1.165, 1.54) is 32.1 Å². The Kier molecular flexibility index (Phi) is 5.24. The number of nitrogens with zero attached hydrogens (tertiary/aromatic N) is 1. The summed E-state index contributed by atoms with van der Waals surface area (Å²) in [6.45, 7) is 4.97. The van der Waals surface area contributed by atoms with E-state index >= 15 is 0 Å². The number of benzene rings is 1. The fourth-order valence-electron chi connectivity index (χ4n) is 4.01. The maximum absolute atomic E-state index is 13.1. The van der Waals surface area contributed by atoms with Gasteiger partial charge in [-0.25, -0.2) is 0 Å². The number of anilines is 1. The van der Waals surface area contributed by atoms with Gasteiger partial charge in [0.25, 0.3) is 0 Å². The zero-order valence-electron chi connectivity index (χ0n) is 14.5. The van der Waals surface area contributed by atoms with Gasteiger partial charge in [-0.05, 0) is 50.7 Å². The number of carbonyl (C=O) groups excluding carboxylic acids is 1. The lowest BCUT2D eigenvalue weighted by Gasteiger charge is -2.37. The van der Waals surface area contributed by atoms with Crippen molar-refractivity contribution >= 4 is 11.6 Å². The van der Waals surface area contributed by atoms with E-state index in [9.17, 15) is 4.79 Å². The minimum Gasteiger partial charge on any atom is -0.487 e. The molecule has 1 fully saturated rings. The topological polar surface area (TPSA) is 29.5 Å². The highest BCUT2D eigenvalue weighted by Gasteiger charge is 2.33. The first-order valence-corrected chi connectivity index (χ1v) is 9.26.